The van der Waals surface area contributed by atoms with Gasteiger partial charge in [-0.2, -0.15) is 0 Å². The number of aliphatic hydroxyl groups is 1. The Morgan fingerprint density at radius 2 is 1.56 bits per heavy atom. The third-order valence-corrected chi connectivity index (χ3v) is 11.7. The first-order valence-electron chi connectivity index (χ1n) is 17.3. The zero-order valence-corrected chi connectivity index (χ0v) is 28.8. The van der Waals surface area contributed by atoms with Crippen molar-refractivity contribution in [1.29, 1.82) is 0 Å². The van der Waals surface area contributed by atoms with Crippen molar-refractivity contribution in [1.82, 2.24) is 0 Å². The molecule has 1 N–H and O–H groups in total. The minimum atomic E-state index is -2.18. The standard InChI is InChI=1S/C34H47FN2O13/c1-22-18-26-25-13-12-23-19-24(38)14-15-31(23,2)33(25,35)27(39)20-32(26,3)34(22,50-30(42)11-7-5-9-17-49-37(45)46)28(40)21-47-29(41)10-6-4-8-16-48-36(43)44/h14-15,19,22,25-27,39H,4-13,16-18,20-21H2,1-3H3/t22-,25?,26?,27+,31+,32+,33+,34+/m1/s1. The Balaban J connectivity index is 1.55. The molecule has 50 heavy (non-hydrogen) atoms. The quantitative estimate of drug-likeness (QED) is 0.0897. The van der Waals surface area contributed by atoms with E-state index < -0.39 is 80.5 Å². The first-order valence-corrected chi connectivity index (χ1v) is 17.3. The van der Waals surface area contributed by atoms with E-state index in [9.17, 15) is 44.5 Å². The molecule has 0 heterocycles. The van der Waals surface area contributed by atoms with Crippen molar-refractivity contribution < 1.29 is 58.0 Å². The molecule has 2 unspecified atom stereocenters. The number of carbonyl (C=O) groups excluding carboxylic acids is 4. The highest BCUT2D eigenvalue weighted by Gasteiger charge is 2.77. The molecule has 0 saturated heterocycles. The highest BCUT2D eigenvalue weighted by atomic mass is 19.1. The largest absolute Gasteiger partial charge is 0.457 e. The van der Waals surface area contributed by atoms with Crippen LogP contribution in [0.5, 0.6) is 0 Å². The number of allylic oxidation sites excluding steroid dienone is 4. The van der Waals surface area contributed by atoms with E-state index in [0.29, 0.717) is 50.5 Å². The number of esters is 2. The van der Waals surface area contributed by atoms with Gasteiger partial charge >= 0.3 is 11.9 Å². The lowest BCUT2D eigenvalue weighted by molar-refractivity contribution is -0.757. The summed E-state index contributed by atoms with van der Waals surface area (Å²) in [6.07, 6.45) is 5.39. The molecule has 0 aromatic carbocycles. The second kappa shape index (κ2) is 15.5. The lowest BCUT2D eigenvalue weighted by Crippen LogP contribution is -2.70. The summed E-state index contributed by atoms with van der Waals surface area (Å²) in [6, 6.07) is 0. The second-order valence-electron chi connectivity index (χ2n) is 14.4. The van der Waals surface area contributed by atoms with Gasteiger partial charge in [-0.15, -0.1) is 20.2 Å². The summed E-state index contributed by atoms with van der Waals surface area (Å²) in [5.41, 5.74) is -5.96. The minimum absolute atomic E-state index is 0.0657. The Hall–Kier alpha value is -3.95. The smallest absolute Gasteiger partial charge is 0.306 e. The van der Waals surface area contributed by atoms with Crippen LogP contribution in [0.25, 0.3) is 0 Å². The van der Waals surface area contributed by atoms with Gasteiger partial charge in [0.15, 0.2) is 23.7 Å². The maximum Gasteiger partial charge on any atom is 0.306 e. The summed E-state index contributed by atoms with van der Waals surface area (Å²) in [7, 11) is 0. The van der Waals surface area contributed by atoms with E-state index in [0.717, 1.165) is 0 Å². The fourth-order valence-electron chi connectivity index (χ4n) is 9.33. The number of ketones is 2. The van der Waals surface area contributed by atoms with Crippen LogP contribution in [0.15, 0.2) is 23.8 Å². The van der Waals surface area contributed by atoms with Crippen LogP contribution in [0.3, 0.4) is 0 Å². The highest BCUT2D eigenvalue weighted by Crippen LogP contribution is 2.71. The molecule has 0 amide bonds. The Morgan fingerprint density at radius 1 is 0.960 bits per heavy atom. The van der Waals surface area contributed by atoms with E-state index in [2.05, 4.69) is 9.68 Å². The predicted octanol–water partition coefficient (Wildman–Crippen LogP) is 4.53. The fourth-order valence-corrected chi connectivity index (χ4v) is 9.33. The van der Waals surface area contributed by atoms with Gasteiger partial charge < -0.3 is 24.3 Å². The van der Waals surface area contributed by atoms with Crippen LogP contribution >= 0.6 is 0 Å². The van der Waals surface area contributed by atoms with E-state index in [1.54, 1.807) is 20.8 Å². The number of carbonyl (C=O) groups is 4. The third-order valence-electron chi connectivity index (χ3n) is 11.7. The number of Topliss-reactive ketones (excluding diaryl/α,β-unsaturated/α-hetero) is 1. The van der Waals surface area contributed by atoms with Gasteiger partial charge in [-0.05, 0) is 76.4 Å². The van der Waals surface area contributed by atoms with E-state index in [4.69, 9.17) is 9.47 Å². The van der Waals surface area contributed by atoms with Crippen molar-refractivity contribution in [2.24, 2.45) is 28.6 Å². The van der Waals surface area contributed by atoms with E-state index in [1.165, 1.54) is 18.2 Å². The van der Waals surface area contributed by atoms with Gasteiger partial charge in [-0.3, -0.25) is 19.2 Å². The maximum absolute atomic E-state index is 17.7. The van der Waals surface area contributed by atoms with Crippen LogP contribution in [0, 0.1) is 48.8 Å². The highest BCUT2D eigenvalue weighted by molar-refractivity contribution is 6.01. The molecule has 4 rings (SSSR count). The Morgan fingerprint density at radius 3 is 2.16 bits per heavy atom. The van der Waals surface area contributed by atoms with Gasteiger partial charge in [0.05, 0.1) is 19.3 Å². The normalized spacial score (nSPS) is 34.0. The van der Waals surface area contributed by atoms with Gasteiger partial charge in [0.25, 0.3) is 10.2 Å². The van der Waals surface area contributed by atoms with Crippen LogP contribution in [0.1, 0.15) is 97.8 Å². The third kappa shape index (κ3) is 7.26. The predicted molar refractivity (Wildman–Crippen MR) is 171 cm³/mol. The molecule has 0 aliphatic heterocycles. The topological polar surface area (TPSA) is 212 Å². The molecular weight excluding hydrogens is 663 g/mol. The van der Waals surface area contributed by atoms with Crippen molar-refractivity contribution in [3.8, 4) is 0 Å². The molecule has 4 aliphatic carbocycles. The lowest BCUT2D eigenvalue weighted by Gasteiger charge is -2.62. The molecule has 278 valence electrons. The van der Waals surface area contributed by atoms with Gasteiger partial charge in [0, 0.05) is 35.5 Å². The van der Waals surface area contributed by atoms with E-state index >= 15 is 4.39 Å². The number of aliphatic hydroxyl groups excluding tert-OH is 1. The summed E-state index contributed by atoms with van der Waals surface area (Å²) in [5, 5.41) is 30.7. The Bertz CT molecular complexity index is 1420. The zero-order valence-electron chi connectivity index (χ0n) is 28.8. The Labute approximate surface area is 289 Å². The van der Waals surface area contributed by atoms with Crippen LogP contribution in [-0.2, 0) is 38.3 Å². The molecule has 0 aromatic heterocycles. The summed E-state index contributed by atoms with van der Waals surface area (Å²) >= 11 is 0. The van der Waals surface area contributed by atoms with E-state index in [-0.39, 0.29) is 51.1 Å². The minimum Gasteiger partial charge on any atom is -0.457 e. The monoisotopic (exact) mass is 710 g/mol. The number of unbranched alkanes of at least 4 members (excludes halogenated alkanes) is 4. The number of hydrogen-bond acceptors (Lipinski definition) is 13. The van der Waals surface area contributed by atoms with Gasteiger partial charge in [-0.1, -0.05) is 38.3 Å². The van der Waals surface area contributed by atoms with Crippen molar-refractivity contribution in [3.63, 3.8) is 0 Å². The maximum atomic E-state index is 17.7. The molecule has 8 atom stereocenters. The molecule has 3 fully saturated rings. The molecule has 15 nitrogen and oxygen atoms in total. The average Bonchev–Trinajstić information content (AvgIpc) is 3.26. The number of nitrogens with zero attached hydrogens (tertiary/aromatic N) is 2. The van der Waals surface area contributed by atoms with Gasteiger partial charge in [0.1, 0.15) is 0 Å². The van der Waals surface area contributed by atoms with Crippen LogP contribution in [-0.4, -0.2) is 76.0 Å². The van der Waals surface area contributed by atoms with Crippen molar-refractivity contribution in [2.75, 3.05) is 19.8 Å². The first-order chi connectivity index (χ1) is 23.5. The molecule has 4 aliphatic rings. The fraction of sp³-hybridized carbons (Fsp3) is 0.765. The van der Waals surface area contributed by atoms with Crippen LogP contribution in [0.4, 0.5) is 4.39 Å². The zero-order chi connectivity index (χ0) is 36.9. The Kier molecular flexibility index (Phi) is 12.1. The van der Waals surface area contributed by atoms with E-state index in [1.807, 2.05) is 0 Å². The summed E-state index contributed by atoms with van der Waals surface area (Å²) in [6.45, 7) is 4.17. The second-order valence-corrected chi connectivity index (χ2v) is 14.4. The summed E-state index contributed by atoms with van der Waals surface area (Å²) in [4.78, 5) is 81.9. The van der Waals surface area contributed by atoms with Crippen LogP contribution < -0.4 is 0 Å². The molecule has 3 saturated carbocycles. The van der Waals surface area contributed by atoms with Crippen LogP contribution in [0.2, 0.25) is 0 Å². The molecule has 0 bridgehead atoms. The summed E-state index contributed by atoms with van der Waals surface area (Å²) in [5.74, 6) is -4.26. The van der Waals surface area contributed by atoms with Gasteiger partial charge in [-0.25, -0.2) is 4.39 Å². The van der Waals surface area contributed by atoms with Crippen molar-refractivity contribution >= 4 is 23.5 Å². The number of rotatable bonds is 18. The number of fused-ring (bicyclic) bond motifs is 5. The molecule has 0 radical (unpaired) electrons. The number of ether oxygens (including phenoxy) is 2. The van der Waals surface area contributed by atoms with Crippen molar-refractivity contribution in [3.05, 3.63) is 44.0 Å². The average molecular weight is 711 g/mol. The number of hydrogen-bond donors (Lipinski definition) is 1. The molecule has 0 aromatic rings. The molecule has 16 heteroatoms. The number of halogens is 1. The van der Waals surface area contributed by atoms with Crippen molar-refractivity contribution in [2.45, 2.75) is 115 Å². The SMILES string of the molecule is C[C@@H]1CC2C3CCC4=CC(=O)C=C[C@]4(C)[C@@]3(F)[C@@H](O)C[C@]2(C)[C@@]1(OC(=O)CCCCCO[N+](=O)[O-])C(=O)COC(=O)CCCCCO[N+](=O)[O-]. The molecule has 0 spiro atoms. The van der Waals surface area contributed by atoms with Gasteiger partial charge in [0.2, 0.25) is 5.78 Å². The molecular formula is C34H47FN2O13. The summed E-state index contributed by atoms with van der Waals surface area (Å²) < 4.78 is 29.3. The number of alkyl halides is 1. The lowest BCUT2D eigenvalue weighted by atomic mass is 9.44. The first kappa shape index (κ1) is 38.8.